The van der Waals surface area contributed by atoms with Crippen LogP contribution in [0.2, 0.25) is 0 Å². The van der Waals surface area contributed by atoms with Gasteiger partial charge in [0.2, 0.25) is 0 Å². The van der Waals surface area contributed by atoms with Crippen molar-refractivity contribution in [2.45, 2.75) is 40.3 Å². The van der Waals surface area contributed by atoms with Crippen LogP contribution in [0.1, 0.15) is 40.8 Å². The fraction of sp³-hybridized carbons (Fsp3) is 0.333. The van der Waals surface area contributed by atoms with Gasteiger partial charge in [0.1, 0.15) is 0 Å². The molecule has 1 unspecified atom stereocenters. The lowest BCUT2D eigenvalue weighted by molar-refractivity contribution is 0.572. The number of benzene rings is 2. The van der Waals surface area contributed by atoms with Crippen molar-refractivity contribution in [1.82, 2.24) is 5.32 Å². The van der Waals surface area contributed by atoms with Crippen molar-refractivity contribution in [3.63, 3.8) is 0 Å². The SMILES string of the molecule is Cc1ccc(CNC(C)c2ccc(C)cc2C)cc1. The molecule has 0 amide bonds. The van der Waals surface area contributed by atoms with E-state index in [1.54, 1.807) is 0 Å². The average molecular weight is 253 g/mol. The summed E-state index contributed by atoms with van der Waals surface area (Å²) in [6.45, 7) is 9.59. The summed E-state index contributed by atoms with van der Waals surface area (Å²) in [7, 11) is 0. The van der Waals surface area contributed by atoms with E-state index in [0.717, 1.165) is 6.54 Å². The third-order valence-corrected chi connectivity index (χ3v) is 3.62. The van der Waals surface area contributed by atoms with Crippen molar-refractivity contribution in [2.75, 3.05) is 0 Å². The summed E-state index contributed by atoms with van der Waals surface area (Å²) < 4.78 is 0. The van der Waals surface area contributed by atoms with Crippen LogP contribution in [0.25, 0.3) is 0 Å². The van der Waals surface area contributed by atoms with Crippen LogP contribution in [0.5, 0.6) is 0 Å². The van der Waals surface area contributed by atoms with Gasteiger partial charge in [-0.2, -0.15) is 0 Å². The standard InChI is InChI=1S/C18H23N/c1-13-5-8-17(9-6-13)12-19-16(4)18-10-7-14(2)11-15(18)3/h5-11,16,19H,12H2,1-4H3. The van der Waals surface area contributed by atoms with Crippen molar-refractivity contribution < 1.29 is 0 Å². The predicted molar refractivity (Wildman–Crippen MR) is 82.3 cm³/mol. The number of nitrogens with one attached hydrogen (secondary N) is 1. The minimum Gasteiger partial charge on any atom is -0.306 e. The predicted octanol–water partition coefficient (Wildman–Crippen LogP) is 4.46. The van der Waals surface area contributed by atoms with Gasteiger partial charge in [-0.25, -0.2) is 0 Å². The zero-order chi connectivity index (χ0) is 13.8. The summed E-state index contributed by atoms with van der Waals surface area (Å²) in [4.78, 5) is 0. The van der Waals surface area contributed by atoms with Crippen molar-refractivity contribution >= 4 is 0 Å². The second-order valence-corrected chi connectivity index (χ2v) is 5.45. The molecule has 0 aliphatic heterocycles. The summed E-state index contributed by atoms with van der Waals surface area (Å²) in [5, 5.41) is 3.59. The molecule has 0 aromatic heterocycles. The van der Waals surface area contributed by atoms with E-state index in [0.29, 0.717) is 6.04 Å². The maximum Gasteiger partial charge on any atom is 0.0297 e. The highest BCUT2D eigenvalue weighted by molar-refractivity contribution is 5.32. The Labute approximate surface area is 116 Å². The first-order valence-electron chi connectivity index (χ1n) is 6.92. The molecule has 100 valence electrons. The highest BCUT2D eigenvalue weighted by Crippen LogP contribution is 2.19. The van der Waals surface area contributed by atoms with E-state index in [9.17, 15) is 0 Å². The molecule has 0 saturated carbocycles. The van der Waals surface area contributed by atoms with Crippen LogP contribution < -0.4 is 5.32 Å². The third kappa shape index (κ3) is 3.68. The molecule has 0 radical (unpaired) electrons. The van der Waals surface area contributed by atoms with Gasteiger partial charge in [-0.05, 0) is 44.4 Å². The van der Waals surface area contributed by atoms with Crippen LogP contribution in [0, 0.1) is 20.8 Å². The summed E-state index contributed by atoms with van der Waals surface area (Å²) in [5.41, 5.74) is 6.72. The van der Waals surface area contributed by atoms with Crippen molar-refractivity contribution in [3.8, 4) is 0 Å². The van der Waals surface area contributed by atoms with Gasteiger partial charge < -0.3 is 5.32 Å². The van der Waals surface area contributed by atoms with Gasteiger partial charge in [0.15, 0.2) is 0 Å². The maximum atomic E-state index is 3.59. The van der Waals surface area contributed by atoms with E-state index in [-0.39, 0.29) is 0 Å². The molecule has 1 nitrogen and oxygen atoms in total. The van der Waals surface area contributed by atoms with Gasteiger partial charge in [0.25, 0.3) is 0 Å². The van der Waals surface area contributed by atoms with Gasteiger partial charge in [-0.1, -0.05) is 53.6 Å². The Morgan fingerprint density at radius 1 is 0.895 bits per heavy atom. The molecule has 0 heterocycles. The van der Waals surface area contributed by atoms with Gasteiger partial charge >= 0.3 is 0 Å². The Hall–Kier alpha value is -1.60. The van der Waals surface area contributed by atoms with E-state index in [2.05, 4.69) is 75.5 Å². The normalized spacial score (nSPS) is 12.4. The van der Waals surface area contributed by atoms with Crippen LogP contribution in [0.15, 0.2) is 42.5 Å². The fourth-order valence-electron chi connectivity index (χ4n) is 2.40. The van der Waals surface area contributed by atoms with E-state index in [1.807, 2.05) is 0 Å². The second-order valence-electron chi connectivity index (χ2n) is 5.45. The van der Waals surface area contributed by atoms with E-state index in [4.69, 9.17) is 0 Å². The molecule has 0 bridgehead atoms. The van der Waals surface area contributed by atoms with Crippen molar-refractivity contribution in [3.05, 3.63) is 70.3 Å². The molecule has 2 rings (SSSR count). The van der Waals surface area contributed by atoms with Crippen LogP contribution in [-0.4, -0.2) is 0 Å². The quantitative estimate of drug-likeness (QED) is 0.848. The first-order valence-corrected chi connectivity index (χ1v) is 6.92. The molecule has 2 aromatic rings. The molecule has 1 atom stereocenters. The van der Waals surface area contributed by atoms with Crippen LogP contribution in [0.3, 0.4) is 0 Å². The van der Waals surface area contributed by atoms with E-state index < -0.39 is 0 Å². The molecule has 1 N–H and O–H groups in total. The van der Waals surface area contributed by atoms with E-state index >= 15 is 0 Å². The summed E-state index contributed by atoms with van der Waals surface area (Å²) >= 11 is 0. The average Bonchev–Trinajstić information content (AvgIpc) is 2.37. The monoisotopic (exact) mass is 253 g/mol. The molecule has 2 aromatic carbocycles. The minimum atomic E-state index is 0.377. The minimum absolute atomic E-state index is 0.377. The zero-order valence-electron chi connectivity index (χ0n) is 12.3. The molecule has 0 saturated heterocycles. The second kappa shape index (κ2) is 6.03. The fourth-order valence-corrected chi connectivity index (χ4v) is 2.40. The first kappa shape index (κ1) is 13.8. The highest BCUT2D eigenvalue weighted by atomic mass is 14.9. The Morgan fingerprint density at radius 3 is 2.16 bits per heavy atom. The maximum absolute atomic E-state index is 3.59. The van der Waals surface area contributed by atoms with Crippen LogP contribution in [0.4, 0.5) is 0 Å². The zero-order valence-corrected chi connectivity index (χ0v) is 12.3. The lowest BCUT2D eigenvalue weighted by Gasteiger charge is -2.17. The van der Waals surface area contributed by atoms with Crippen LogP contribution >= 0.6 is 0 Å². The Kier molecular flexibility index (Phi) is 4.39. The molecule has 0 fully saturated rings. The highest BCUT2D eigenvalue weighted by Gasteiger charge is 2.07. The van der Waals surface area contributed by atoms with Crippen molar-refractivity contribution in [2.24, 2.45) is 0 Å². The molecular formula is C18H23N. The van der Waals surface area contributed by atoms with Gasteiger partial charge in [-0.3, -0.25) is 0 Å². The number of rotatable bonds is 4. The lowest BCUT2D eigenvalue weighted by atomic mass is 10.00. The summed E-state index contributed by atoms with van der Waals surface area (Å²) in [5.74, 6) is 0. The molecule has 19 heavy (non-hydrogen) atoms. The van der Waals surface area contributed by atoms with E-state index in [1.165, 1.54) is 27.8 Å². The Balaban J connectivity index is 2.01. The number of hydrogen-bond acceptors (Lipinski definition) is 1. The number of hydrogen-bond donors (Lipinski definition) is 1. The smallest absolute Gasteiger partial charge is 0.0297 e. The Morgan fingerprint density at radius 2 is 1.53 bits per heavy atom. The topological polar surface area (TPSA) is 12.0 Å². The van der Waals surface area contributed by atoms with Gasteiger partial charge in [0, 0.05) is 12.6 Å². The first-order chi connectivity index (χ1) is 9.06. The van der Waals surface area contributed by atoms with Crippen molar-refractivity contribution in [1.29, 1.82) is 0 Å². The molecule has 1 heteroatoms. The number of aryl methyl sites for hydroxylation is 3. The van der Waals surface area contributed by atoms with Gasteiger partial charge in [-0.15, -0.1) is 0 Å². The summed E-state index contributed by atoms with van der Waals surface area (Å²) in [6.07, 6.45) is 0. The largest absolute Gasteiger partial charge is 0.306 e. The third-order valence-electron chi connectivity index (χ3n) is 3.62. The molecule has 0 spiro atoms. The molecular weight excluding hydrogens is 230 g/mol. The Bertz CT molecular complexity index is 540. The lowest BCUT2D eigenvalue weighted by Crippen LogP contribution is -2.18. The van der Waals surface area contributed by atoms with Gasteiger partial charge in [0.05, 0.1) is 0 Å². The van der Waals surface area contributed by atoms with Crippen LogP contribution in [-0.2, 0) is 6.54 Å². The summed E-state index contributed by atoms with van der Waals surface area (Å²) in [6, 6.07) is 15.8. The molecule has 0 aliphatic rings. The molecule has 0 aliphatic carbocycles.